The molecule has 2 fully saturated rings. The van der Waals surface area contributed by atoms with E-state index >= 15 is 0 Å². The third-order valence-electron chi connectivity index (χ3n) is 5.00. The first-order valence-electron chi connectivity index (χ1n) is 7.94. The Labute approximate surface area is 127 Å². The zero-order valence-electron chi connectivity index (χ0n) is 13.5. The van der Waals surface area contributed by atoms with Crippen molar-refractivity contribution in [3.05, 3.63) is 24.0 Å². The number of rotatable bonds is 2. The van der Waals surface area contributed by atoms with E-state index in [4.69, 9.17) is 9.31 Å². The lowest BCUT2D eigenvalue weighted by Crippen LogP contribution is -2.41. The van der Waals surface area contributed by atoms with Crippen molar-refractivity contribution < 1.29 is 9.31 Å². The van der Waals surface area contributed by atoms with Gasteiger partial charge in [-0.15, -0.1) is 0 Å². The molecule has 0 saturated carbocycles. The van der Waals surface area contributed by atoms with E-state index in [9.17, 15) is 0 Å². The van der Waals surface area contributed by atoms with Gasteiger partial charge in [-0.05, 0) is 64.7 Å². The number of nitrogens with zero attached hydrogens (tertiary/aromatic N) is 1. The third kappa shape index (κ3) is 2.87. The Morgan fingerprint density at radius 1 is 1.19 bits per heavy atom. The molecular formula is C16H25BN2O2. The molecule has 2 aliphatic rings. The molecule has 1 aromatic rings. The van der Waals surface area contributed by atoms with E-state index in [1.54, 1.807) is 0 Å². The summed E-state index contributed by atoms with van der Waals surface area (Å²) in [5, 5.41) is 3.54. The summed E-state index contributed by atoms with van der Waals surface area (Å²) < 4.78 is 12.2. The maximum atomic E-state index is 6.12. The second kappa shape index (κ2) is 5.38. The fourth-order valence-corrected chi connectivity index (χ4v) is 2.89. The summed E-state index contributed by atoms with van der Waals surface area (Å²) in [5.41, 5.74) is 1.56. The van der Waals surface area contributed by atoms with Crippen molar-refractivity contribution in [2.45, 2.75) is 64.2 Å². The van der Waals surface area contributed by atoms with Gasteiger partial charge < -0.3 is 14.6 Å². The summed E-state index contributed by atoms with van der Waals surface area (Å²) in [6.07, 6.45) is 5.54. The Hall–Kier alpha value is -0.905. The van der Waals surface area contributed by atoms with Crippen LogP contribution in [-0.4, -0.2) is 29.8 Å². The van der Waals surface area contributed by atoms with Crippen LogP contribution in [0.25, 0.3) is 0 Å². The van der Waals surface area contributed by atoms with Crippen molar-refractivity contribution in [3.8, 4) is 0 Å². The number of hydrogen-bond acceptors (Lipinski definition) is 4. The van der Waals surface area contributed by atoms with Gasteiger partial charge in [0.25, 0.3) is 0 Å². The molecule has 2 aliphatic heterocycles. The number of nitrogens with one attached hydrogen (secondary N) is 1. The van der Waals surface area contributed by atoms with Gasteiger partial charge in [-0.3, -0.25) is 4.98 Å². The maximum absolute atomic E-state index is 6.12. The SMILES string of the molecule is CC1(C)OB(c2ccnc([C@@H]3CCCCN3)c2)OC1(C)C. The van der Waals surface area contributed by atoms with E-state index < -0.39 is 0 Å². The van der Waals surface area contributed by atoms with Gasteiger partial charge in [0.15, 0.2) is 0 Å². The number of piperidine rings is 1. The minimum atomic E-state index is -0.305. The summed E-state index contributed by atoms with van der Waals surface area (Å²) in [7, 11) is -0.305. The molecule has 21 heavy (non-hydrogen) atoms. The second-order valence-electron chi connectivity index (χ2n) is 7.10. The van der Waals surface area contributed by atoms with Crippen LogP contribution in [-0.2, 0) is 9.31 Å². The van der Waals surface area contributed by atoms with E-state index in [1.165, 1.54) is 12.8 Å². The molecule has 0 spiro atoms. The zero-order chi connectivity index (χ0) is 15.1. The standard InChI is InChI=1S/C16H25BN2O2/c1-15(2)16(3,4)21-17(20-15)12-8-10-19-14(11-12)13-7-5-6-9-18-13/h8,10-11,13,18H,5-7,9H2,1-4H3/t13-/m0/s1. The largest absolute Gasteiger partial charge is 0.494 e. The van der Waals surface area contributed by atoms with Gasteiger partial charge in [0.1, 0.15) is 0 Å². The van der Waals surface area contributed by atoms with Crippen molar-refractivity contribution >= 4 is 12.6 Å². The molecule has 1 atom stereocenters. The molecule has 114 valence electrons. The fraction of sp³-hybridized carbons (Fsp3) is 0.688. The predicted molar refractivity (Wildman–Crippen MR) is 84.5 cm³/mol. The first kappa shape index (κ1) is 15.0. The molecule has 0 radical (unpaired) electrons. The molecule has 3 rings (SSSR count). The predicted octanol–water partition coefficient (Wildman–Crippen LogP) is 2.20. The van der Waals surface area contributed by atoms with Gasteiger partial charge in [0.05, 0.1) is 16.9 Å². The van der Waals surface area contributed by atoms with Crippen molar-refractivity contribution in [2.75, 3.05) is 6.54 Å². The second-order valence-corrected chi connectivity index (χ2v) is 7.10. The highest BCUT2D eigenvalue weighted by molar-refractivity contribution is 6.62. The monoisotopic (exact) mass is 288 g/mol. The highest BCUT2D eigenvalue weighted by Gasteiger charge is 2.51. The average molecular weight is 288 g/mol. The Morgan fingerprint density at radius 3 is 2.52 bits per heavy atom. The molecular weight excluding hydrogens is 263 g/mol. The molecule has 1 N–H and O–H groups in total. The first-order chi connectivity index (χ1) is 9.89. The van der Waals surface area contributed by atoms with Gasteiger partial charge in [-0.25, -0.2) is 0 Å². The molecule has 5 heteroatoms. The van der Waals surface area contributed by atoms with Gasteiger partial charge in [0, 0.05) is 12.2 Å². The van der Waals surface area contributed by atoms with E-state index in [1.807, 2.05) is 12.3 Å². The van der Waals surface area contributed by atoms with Crippen LogP contribution in [0.2, 0.25) is 0 Å². The molecule has 0 aliphatic carbocycles. The maximum Gasteiger partial charge on any atom is 0.494 e. The zero-order valence-corrected chi connectivity index (χ0v) is 13.5. The lowest BCUT2D eigenvalue weighted by molar-refractivity contribution is 0.00578. The Balaban J connectivity index is 1.81. The molecule has 0 unspecified atom stereocenters. The van der Waals surface area contributed by atoms with Crippen molar-refractivity contribution in [1.29, 1.82) is 0 Å². The number of hydrogen-bond donors (Lipinski definition) is 1. The summed E-state index contributed by atoms with van der Waals surface area (Å²) >= 11 is 0. The van der Waals surface area contributed by atoms with Crippen LogP contribution in [0.4, 0.5) is 0 Å². The Morgan fingerprint density at radius 2 is 1.90 bits per heavy atom. The highest BCUT2D eigenvalue weighted by Crippen LogP contribution is 2.36. The van der Waals surface area contributed by atoms with Crippen LogP contribution < -0.4 is 10.8 Å². The normalized spacial score (nSPS) is 27.8. The van der Waals surface area contributed by atoms with Crippen LogP contribution in [0.1, 0.15) is 58.7 Å². The quantitative estimate of drug-likeness (QED) is 0.847. The Kier molecular flexibility index (Phi) is 3.84. The lowest BCUT2D eigenvalue weighted by atomic mass is 9.79. The van der Waals surface area contributed by atoms with Crippen LogP contribution in [0.5, 0.6) is 0 Å². The summed E-state index contributed by atoms with van der Waals surface area (Å²) in [4.78, 5) is 4.53. The number of pyridine rings is 1. The summed E-state index contributed by atoms with van der Waals surface area (Å²) in [6, 6.07) is 4.49. The molecule has 0 bridgehead atoms. The van der Waals surface area contributed by atoms with Gasteiger partial charge in [-0.2, -0.15) is 0 Å². The van der Waals surface area contributed by atoms with Crippen molar-refractivity contribution in [3.63, 3.8) is 0 Å². The third-order valence-corrected chi connectivity index (χ3v) is 5.00. The van der Waals surface area contributed by atoms with E-state index in [2.05, 4.69) is 44.1 Å². The molecule has 0 aromatic carbocycles. The fourth-order valence-electron chi connectivity index (χ4n) is 2.89. The van der Waals surface area contributed by atoms with E-state index in [0.717, 1.165) is 24.1 Å². The lowest BCUT2D eigenvalue weighted by Gasteiger charge is -2.32. The molecule has 3 heterocycles. The van der Waals surface area contributed by atoms with E-state index in [-0.39, 0.29) is 18.3 Å². The highest BCUT2D eigenvalue weighted by atomic mass is 16.7. The molecule has 4 nitrogen and oxygen atoms in total. The van der Waals surface area contributed by atoms with E-state index in [0.29, 0.717) is 6.04 Å². The minimum absolute atomic E-state index is 0.301. The number of aromatic nitrogens is 1. The topological polar surface area (TPSA) is 43.4 Å². The summed E-state index contributed by atoms with van der Waals surface area (Å²) in [5.74, 6) is 0. The molecule has 0 amide bonds. The molecule has 1 aromatic heterocycles. The average Bonchev–Trinajstić information content (AvgIpc) is 2.69. The van der Waals surface area contributed by atoms with Crippen LogP contribution in [0.15, 0.2) is 18.3 Å². The van der Waals surface area contributed by atoms with Crippen LogP contribution in [0.3, 0.4) is 0 Å². The molecule has 2 saturated heterocycles. The minimum Gasteiger partial charge on any atom is -0.399 e. The first-order valence-corrected chi connectivity index (χ1v) is 7.94. The smallest absolute Gasteiger partial charge is 0.399 e. The van der Waals surface area contributed by atoms with Gasteiger partial charge in [-0.1, -0.05) is 6.42 Å². The van der Waals surface area contributed by atoms with Crippen molar-refractivity contribution in [2.24, 2.45) is 0 Å². The Bertz CT molecular complexity index is 497. The van der Waals surface area contributed by atoms with Gasteiger partial charge >= 0.3 is 7.12 Å². The summed E-state index contributed by atoms with van der Waals surface area (Å²) in [6.45, 7) is 9.40. The van der Waals surface area contributed by atoms with Crippen molar-refractivity contribution in [1.82, 2.24) is 10.3 Å². The van der Waals surface area contributed by atoms with Gasteiger partial charge in [0.2, 0.25) is 0 Å². The van der Waals surface area contributed by atoms with Crippen LogP contribution >= 0.6 is 0 Å². The van der Waals surface area contributed by atoms with Crippen LogP contribution in [0, 0.1) is 0 Å².